The molecule has 0 fully saturated rings. The molecule has 10 rings (SSSR count). The van der Waals surface area contributed by atoms with E-state index in [1.165, 1.54) is 0 Å². The van der Waals surface area contributed by atoms with Crippen LogP contribution in [0.3, 0.4) is 0 Å². The zero-order valence-electron chi connectivity index (χ0n) is 27.4. The molecule has 0 radical (unpaired) electrons. The molecule has 8 heteroatoms. The topological polar surface area (TPSA) is 101 Å². The molecule has 52 heavy (non-hydrogen) atoms. The van der Waals surface area contributed by atoms with Crippen LogP contribution in [0.4, 0.5) is 0 Å². The number of rotatable bonds is 5. The molecule has 0 saturated heterocycles. The maximum absolute atomic E-state index is 9.65. The maximum atomic E-state index is 9.65. The standard InChI is InChI=1S/C44H24N6OS/c45-25-26-11-9-16-29(23-26)38-40-39(32-17-7-8-20-36(32)52-40)47-43(46-38)30-21-22-31-35(24-30)51-34-19-10-18-33(37(31)34)44-49-41(27-12-3-1-4-13-27)48-42(50-44)28-14-5-2-6-15-28/h1-24H. The van der Waals surface area contributed by atoms with Gasteiger partial charge in [0.2, 0.25) is 0 Å². The average molecular weight is 685 g/mol. The lowest BCUT2D eigenvalue weighted by Crippen LogP contribution is -2.00. The first kappa shape index (κ1) is 29.8. The van der Waals surface area contributed by atoms with Crippen LogP contribution in [-0.4, -0.2) is 24.9 Å². The number of benzene rings is 6. The predicted molar refractivity (Wildman–Crippen MR) is 207 cm³/mol. The van der Waals surface area contributed by atoms with E-state index in [4.69, 9.17) is 29.3 Å². The first-order valence-corrected chi connectivity index (χ1v) is 17.5. The minimum Gasteiger partial charge on any atom is -0.456 e. The second kappa shape index (κ2) is 12.1. The zero-order chi connectivity index (χ0) is 34.6. The van der Waals surface area contributed by atoms with Gasteiger partial charge in [-0.3, -0.25) is 0 Å². The van der Waals surface area contributed by atoms with Crippen LogP contribution in [0.25, 0.3) is 99.1 Å². The molecule has 0 saturated carbocycles. The second-order valence-corrected chi connectivity index (χ2v) is 13.4. The van der Waals surface area contributed by atoms with Gasteiger partial charge in [-0.1, -0.05) is 109 Å². The molecule has 0 unspecified atom stereocenters. The van der Waals surface area contributed by atoms with Crippen LogP contribution in [0.1, 0.15) is 5.56 Å². The number of thiophene rings is 1. The lowest BCUT2D eigenvalue weighted by Gasteiger charge is -2.09. The van der Waals surface area contributed by atoms with Crippen molar-refractivity contribution in [2.24, 2.45) is 0 Å². The fraction of sp³-hybridized carbons (Fsp3) is 0. The van der Waals surface area contributed by atoms with Crippen molar-refractivity contribution in [3.05, 3.63) is 151 Å². The molecule has 0 amide bonds. The van der Waals surface area contributed by atoms with E-state index >= 15 is 0 Å². The Morgan fingerprint density at radius 1 is 0.500 bits per heavy atom. The smallest absolute Gasteiger partial charge is 0.164 e. The number of fused-ring (bicyclic) bond motifs is 6. The van der Waals surface area contributed by atoms with Gasteiger partial charge in [-0.25, -0.2) is 24.9 Å². The van der Waals surface area contributed by atoms with Gasteiger partial charge in [-0.05, 0) is 36.4 Å². The van der Waals surface area contributed by atoms with E-state index in [-0.39, 0.29) is 0 Å². The minimum absolute atomic E-state index is 0.562. The van der Waals surface area contributed by atoms with Crippen molar-refractivity contribution in [2.45, 2.75) is 0 Å². The van der Waals surface area contributed by atoms with E-state index in [9.17, 15) is 5.26 Å². The Bertz CT molecular complexity index is 2980. The van der Waals surface area contributed by atoms with E-state index in [1.54, 1.807) is 17.4 Å². The van der Waals surface area contributed by atoms with Gasteiger partial charge in [0.15, 0.2) is 23.3 Å². The summed E-state index contributed by atoms with van der Waals surface area (Å²) < 4.78 is 8.65. The summed E-state index contributed by atoms with van der Waals surface area (Å²) >= 11 is 1.66. The highest BCUT2D eigenvalue weighted by Crippen LogP contribution is 2.41. The molecular weight excluding hydrogens is 661 g/mol. The van der Waals surface area contributed by atoms with Gasteiger partial charge in [0.25, 0.3) is 0 Å². The molecule has 0 aliphatic carbocycles. The summed E-state index contributed by atoms with van der Waals surface area (Å²) in [6.07, 6.45) is 0. The molecule has 6 aromatic carbocycles. The van der Waals surface area contributed by atoms with Crippen LogP contribution >= 0.6 is 11.3 Å². The number of nitrogens with zero attached hydrogens (tertiary/aromatic N) is 6. The minimum atomic E-state index is 0.562. The fourth-order valence-electron chi connectivity index (χ4n) is 6.73. The van der Waals surface area contributed by atoms with Crippen molar-refractivity contribution < 1.29 is 4.42 Å². The predicted octanol–water partition coefficient (Wildman–Crippen LogP) is 11.1. The van der Waals surface area contributed by atoms with Crippen molar-refractivity contribution in [2.75, 3.05) is 0 Å². The van der Waals surface area contributed by atoms with Crippen LogP contribution < -0.4 is 0 Å². The summed E-state index contributed by atoms with van der Waals surface area (Å²) in [4.78, 5) is 25.1. The number of aromatic nitrogens is 5. The summed E-state index contributed by atoms with van der Waals surface area (Å²) in [6.45, 7) is 0. The third-order valence-corrected chi connectivity index (χ3v) is 10.3. The summed E-state index contributed by atoms with van der Waals surface area (Å²) in [5.41, 5.74) is 8.04. The van der Waals surface area contributed by atoms with Crippen LogP contribution in [0.5, 0.6) is 0 Å². The van der Waals surface area contributed by atoms with Crippen molar-refractivity contribution in [1.82, 2.24) is 24.9 Å². The molecule has 0 spiro atoms. The van der Waals surface area contributed by atoms with E-state index in [2.05, 4.69) is 24.3 Å². The summed E-state index contributed by atoms with van der Waals surface area (Å²) in [6, 6.07) is 50.1. The molecule has 7 nitrogen and oxygen atoms in total. The van der Waals surface area contributed by atoms with E-state index in [0.717, 1.165) is 70.2 Å². The summed E-state index contributed by atoms with van der Waals surface area (Å²) in [5, 5.41) is 12.6. The first-order valence-electron chi connectivity index (χ1n) is 16.7. The highest BCUT2D eigenvalue weighted by atomic mass is 32.1. The largest absolute Gasteiger partial charge is 0.456 e. The quantitative estimate of drug-likeness (QED) is 0.178. The van der Waals surface area contributed by atoms with Gasteiger partial charge in [0.05, 0.1) is 27.5 Å². The average Bonchev–Trinajstić information content (AvgIpc) is 3.79. The molecule has 0 aliphatic rings. The van der Waals surface area contributed by atoms with Crippen LogP contribution in [-0.2, 0) is 0 Å². The van der Waals surface area contributed by atoms with Gasteiger partial charge in [0, 0.05) is 48.7 Å². The Kier molecular flexibility index (Phi) is 6.91. The highest BCUT2D eigenvalue weighted by molar-refractivity contribution is 7.26. The Hall–Kier alpha value is -7.08. The molecule has 10 aromatic rings. The molecule has 242 valence electrons. The molecule has 0 aliphatic heterocycles. The monoisotopic (exact) mass is 684 g/mol. The lowest BCUT2D eigenvalue weighted by atomic mass is 10.0. The number of furan rings is 1. The van der Waals surface area contributed by atoms with Crippen molar-refractivity contribution in [3.8, 4) is 62.9 Å². The molecule has 4 aromatic heterocycles. The van der Waals surface area contributed by atoms with Gasteiger partial charge < -0.3 is 4.42 Å². The van der Waals surface area contributed by atoms with Crippen LogP contribution in [0.15, 0.2) is 150 Å². The van der Waals surface area contributed by atoms with Crippen LogP contribution in [0.2, 0.25) is 0 Å². The normalized spacial score (nSPS) is 11.4. The Balaban J connectivity index is 1.16. The van der Waals surface area contributed by atoms with Crippen molar-refractivity contribution in [3.63, 3.8) is 0 Å². The van der Waals surface area contributed by atoms with Crippen molar-refractivity contribution in [1.29, 1.82) is 5.26 Å². The van der Waals surface area contributed by atoms with E-state index in [0.29, 0.717) is 34.4 Å². The van der Waals surface area contributed by atoms with Crippen molar-refractivity contribution >= 4 is 53.6 Å². The first-order chi connectivity index (χ1) is 25.7. The Morgan fingerprint density at radius 2 is 1.17 bits per heavy atom. The summed E-state index contributed by atoms with van der Waals surface area (Å²) in [7, 11) is 0. The third kappa shape index (κ3) is 4.99. The van der Waals surface area contributed by atoms with Gasteiger partial charge >= 0.3 is 0 Å². The number of nitriles is 1. The summed E-state index contributed by atoms with van der Waals surface area (Å²) in [5.74, 6) is 2.34. The highest BCUT2D eigenvalue weighted by Gasteiger charge is 2.20. The molecule has 4 heterocycles. The third-order valence-electron chi connectivity index (χ3n) is 9.18. The fourth-order valence-corrected chi connectivity index (χ4v) is 7.89. The van der Waals surface area contributed by atoms with Gasteiger partial charge in [-0.2, -0.15) is 5.26 Å². The number of hydrogen-bond donors (Lipinski definition) is 0. The number of hydrogen-bond acceptors (Lipinski definition) is 8. The molecule has 0 bridgehead atoms. The van der Waals surface area contributed by atoms with E-state index in [1.807, 2.05) is 121 Å². The zero-order valence-corrected chi connectivity index (χ0v) is 28.2. The van der Waals surface area contributed by atoms with Gasteiger partial charge in [0.1, 0.15) is 11.2 Å². The Labute approximate surface area is 301 Å². The van der Waals surface area contributed by atoms with Crippen LogP contribution in [0, 0.1) is 11.3 Å². The Morgan fingerprint density at radius 3 is 1.94 bits per heavy atom. The van der Waals surface area contributed by atoms with Gasteiger partial charge in [-0.15, -0.1) is 11.3 Å². The molecule has 0 N–H and O–H groups in total. The molecule has 0 atom stereocenters. The molecular formula is C44H24N6OS. The maximum Gasteiger partial charge on any atom is 0.164 e. The van der Waals surface area contributed by atoms with E-state index < -0.39 is 0 Å². The second-order valence-electron chi connectivity index (χ2n) is 12.4. The SMILES string of the molecule is N#Cc1cccc(-c2nc(-c3ccc4c(c3)oc3cccc(-c5nc(-c6ccccc6)nc(-c6ccccc6)n5)c34)nc3c2sc2ccccc23)c1. The lowest BCUT2D eigenvalue weighted by molar-refractivity contribution is 0.669.